The zero-order valence-electron chi connectivity index (χ0n) is 16.1. The topological polar surface area (TPSA) is 29.8 Å². The van der Waals surface area contributed by atoms with Crippen molar-refractivity contribution in [3.05, 3.63) is 36.2 Å². The summed E-state index contributed by atoms with van der Waals surface area (Å²) in [6.07, 6.45) is 7.04. The number of hydrogen-bond donors (Lipinski definition) is 0. The molecular weight excluding hydrogens is 310 g/mol. The summed E-state index contributed by atoms with van der Waals surface area (Å²) in [6, 6.07) is 8.19. The van der Waals surface area contributed by atoms with E-state index in [1.54, 1.807) is 0 Å². The minimum atomic E-state index is 0.470. The Morgan fingerprint density at radius 1 is 1.16 bits per heavy atom. The Morgan fingerprint density at radius 2 is 1.96 bits per heavy atom. The average molecular weight is 344 g/mol. The van der Waals surface area contributed by atoms with Gasteiger partial charge < -0.3 is 9.64 Å². The van der Waals surface area contributed by atoms with Crippen molar-refractivity contribution in [2.45, 2.75) is 53.1 Å². The largest absolute Gasteiger partial charge is 0.375 e. The van der Waals surface area contributed by atoms with Gasteiger partial charge in [-0.2, -0.15) is 5.10 Å². The third-order valence-corrected chi connectivity index (χ3v) is 5.50. The summed E-state index contributed by atoms with van der Waals surface area (Å²) in [5.74, 6) is 0.887. The maximum Gasteiger partial charge on any atom is 0.0906 e. The highest BCUT2D eigenvalue weighted by molar-refractivity contribution is 5.46. The highest BCUT2D eigenvalue weighted by Crippen LogP contribution is 2.34. The number of unbranched alkanes of at least 4 members (excludes halogenated alkanes) is 1. The van der Waals surface area contributed by atoms with E-state index in [0.717, 1.165) is 30.2 Å². The maximum absolute atomic E-state index is 5.81. The Morgan fingerprint density at radius 3 is 2.68 bits per heavy atom. The van der Waals surface area contributed by atoms with Gasteiger partial charge >= 0.3 is 0 Å². The fourth-order valence-corrected chi connectivity index (χ4v) is 3.80. The molecule has 3 rings (SSSR count). The van der Waals surface area contributed by atoms with Crippen LogP contribution >= 0.6 is 0 Å². The third-order valence-electron chi connectivity index (χ3n) is 5.50. The zero-order valence-corrected chi connectivity index (χ0v) is 16.1. The predicted octanol–water partition coefficient (Wildman–Crippen LogP) is 4.39. The SMILES string of the molecule is CC(C)(C)C1CCN(CCCCOCc2cc3ccccn3n2)CC1. The molecule has 1 aliphatic rings. The predicted molar refractivity (Wildman–Crippen MR) is 103 cm³/mol. The van der Waals surface area contributed by atoms with Gasteiger partial charge in [-0.05, 0) is 74.8 Å². The molecule has 1 fully saturated rings. The van der Waals surface area contributed by atoms with E-state index in [0.29, 0.717) is 12.0 Å². The Kier molecular flexibility index (Phi) is 6.13. The number of hydrogen-bond acceptors (Lipinski definition) is 3. The van der Waals surface area contributed by atoms with Crippen LogP contribution in [0.3, 0.4) is 0 Å². The van der Waals surface area contributed by atoms with Crippen LogP contribution < -0.4 is 0 Å². The minimum absolute atomic E-state index is 0.470. The normalized spacial score (nSPS) is 17.4. The van der Waals surface area contributed by atoms with Crippen molar-refractivity contribution < 1.29 is 4.74 Å². The lowest BCUT2D eigenvalue weighted by Gasteiger charge is -2.38. The Bertz CT molecular complexity index is 617. The number of aromatic nitrogens is 2. The fraction of sp³-hybridized carbons (Fsp3) is 0.667. The molecule has 138 valence electrons. The lowest BCUT2D eigenvalue weighted by molar-refractivity contribution is 0.0968. The summed E-state index contributed by atoms with van der Waals surface area (Å²) in [6.45, 7) is 12.3. The molecule has 0 radical (unpaired) electrons. The second-order valence-electron chi connectivity index (χ2n) is 8.45. The van der Waals surface area contributed by atoms with E-state index >= 15 is 0 Å². The number of pyridine rings is 1. The number of ether oxygens (including phenoxy) is 1. The van der Waals surface area contributed by atoms with E-state index in [1.165, 1.54) is 38.9 Å². The molecule has 3 heterocycles. The fourth-order valence-electron chi connectivity index (χ4n) is 3.80. The van der Waals surface area contributed by atoms with Crippen molar-refractivity contribution in [2.24, 2.45) is 11.3 Å². The highest BCUT2D eigenvalue weighted by atomic mass is 16.5. The number of likely N-dealkylation sites (tertiary alicyclic amines) is 1. The van der Waals surface area contributed by atoms with Crippen LogP contribution in [0.15, 0.2) is 30.5 Å². The van der Waals surface area contributed by atoms with Crippen molar-refractivity contribution >= 4 is 5.52 Å². The lowest BCUT2D eigenvalue weighted by atomic mass is 9.75. The van der Waals surface area contributed by atoms with E-state index in [1.807, 2.05) is 22.8 Å². The van der Waals surface area contributed by atoms with E-state index in [-0.39, 0.29) is 0 Å². The van der Waals surface area contributed by atoms with Gasteiger partial charge in [0.25, 0.3) is 0 Å². The lowest BCUT2D eigenvalue weighted by Crippen LogP contribution is -2.38. The van der Waals surface area contributed by atoms with E-state index in [4.69, 9.17) is 4.74 Å². The summed E-state index contributed by atoms with van der Waals surface area (Å²) in [5, 5.41) is 4.51. The van der Waals surface area contributed by atoms with Gasteiger partial charge in [0.2, 0.25) is 0 Å². The van der Waals surface area contributed by atoms with Crippen LogP contribution in [0.5, 0.6) is 0 Å². The maximum atomic E-state index is 5.81. The minimum Gasteiger partial charge on any atom is -0.375 e. The number of fused-ring (bicyclic) bond motifs is 1. The van der Waals surface area contributed by atoms with Crippen LogP contribution in [0.1, 0.15) is 52.1 Å². The smallest absolute Gasteiger partial charge is 0.0906 e. The van der Waals surface area contributed by atoms with Crippen molar-refractivity contribution in [3.8, 4) is 0 Å². The molecule has 0 unspecified atom stereocenters. The average Bonchev–Trinajstić information content (AvgIpc) is 3.00. The number of rotatable bonds is 7. The molecule has 0 N–H and O–H groups in total. The summed E-state index contributed by atoms with van der Waals surface area (Å²) in [7, 11) is 0. The van der Waals surface area contributed by atoms with Gasteiger partial charge in [0.05, 0.1) is 17.8 Å². The first-order valence-corrected chi connectivity index (χ1v) is 9.76. The monoisotopic (exact) mass is 343 g/mol. The molecule has 25 heavy (non-hydrogen) atoms. The van der Waals surface area contributed by atoms with Gasteiger partial charge in [-0.3, -0.25) is 0 Å². The quantitative estimate of drug-likeness (QED) is 0.698. The van der Waals surface area contributed by atoms with Crippen LogP contribution in [0.2, 0.25) is 0 Å². The van der Waals surface area contributed by atoms with Gasteiger partial charge in [-0.15, -0.1) is 0 Å². The molecule has 0 aromatic carbocycles. The van der Waals surface area contributed by atoms with Gasteiger partial charge in [0.15, 0.2) is 0 Å². The molecule has 0 saturated carbocycles. The standard InChI is InChI=1S/C21H33N3O/c1-21(2,3)18-9-13-23(14-10-18)11-6-7-15-25-17-19-16-20-8-4-5-12-24(20)22-19/h4-5,8,12,16,18H,6-7,9-11,13-15,17H2,1-3H3. The van der Waals surface area contributed by atoms with Crippen LogP contribution in [-0.2, 0) is 11.3 Å². The number of nitrogens with zero attached hydrogens (tertiary/aromatic N) is 3. The first-order valence-electron chi connectivity index (χ1n) is 9.76. The molecule has 1 aliphatic heterocycles. The van der Waals surface area contributed by atoms with Crippen molar-refractivity contribution in [1.29, 1.82) is 0 Å². The molecule has 2 aromatic heterocycles. The summed E-state index contributed by atoms with van der Waals surface area (Å²) in [5.41, 5.74) is 2.60. The molecule has 2 aromatic rings. The Balaban J connectivity index is 1.27. The van der Waals surface area contributed by atoms with Crippen molar-refractivity contribution in [3.63, 3.8) is 0 Å². The third kappa shape index (κ3) is 5.29. The van der Waals surface area contributed by atoms with Crippen LogP contribution in [0.4, 0.5) is 0 Å². The Hall–Kier alpha value is -1.39. The second kappa shape index (κ2) is 8.33. The van der Waals surface area contributed by atoms with E-state index in [2.05, 4.69) is 42.9 Å². The first kappa shape index (κ1) is 18.4. The van der Waals surface area contributed by atoms with Gasteiger partial charge in [0, 0.05) is 12.8 Å². The summed E-state index contributed by atoms with van der Waals surface area (Å²) >= 11 is 0. The molecule has 0 amide bonds. The van der Waals surface area contributed by atoms with E-state index < -0.39 is 0 Å². The second-order valence-corrected chi connectivity index (χ2v) is 8.45. The van der Waals surface area contributed by atoms with Crippen LogP contribution in [0.25, 0.3) is 5.52 Å². The van der Waals surface area contributed by atoms with Gasteiger partial charge in [-0.1, -0.05) is 26.8 Å². The van der Waals surface area contributed by atoms with Crippen LogP contribution in [0, 0.1) is 11.3 Å². The van der Waals surface area contributed by atoms with E-state index in [9.17, 15) is 0 Å². The number of piperidine rings is 1. The molecule has 1 saturated heterocycles. The summed E-state index contributed by atoms with van der Waals surface area (Å²) < 4.78 is 7.71. The molecule has 0 aliphatic carbocycles. The highest BCUT2D eigenvalue weighted by Gasteiger charge is 2.28. The Labute approximate surface area is 152 Å². The van der Waals surface area contributed by atoms with Crippen LogP contribution in [-0.4, -0.2) is 40.8 Å². The molecule has 4 heteroatoms. The zero-order chi connectivity index (χ0) is 17.7. The molecule has 0 bridgehead atoms. The molecule has 0 spiro atoms. The molecule has 0 atom stereocenters. The summed E-state index contributed by atoms with van der Waals surface area (Å²) in [4.78, 5) is 2.63. The van der Waals surface area contributed by atoms with Gasteiger partial charge in [0.1, 0.15) is 0 Å². The molecular formula is C21H33N3O. The first-order chi connectivity index (χ1) is 12.0. The van der Waals surface area contributed by atoms with Gasteiger partial charge in [-0.25, -0.2) is 4.52 Å². The van der Waals surface area contributed by atoms with Crippen molar-refractivity contribution in [1.82, 2.24) is 14.5 Å². The molecule has 4 nitrogen and oxygen atoms in total. The van der Waals surface area contributed by atoms with Crippen molar-refractivity contribution in [2.75, 3.05) is 26.2 Å².